The van der Waals surface area contributed by atoms with E-state index < -0.39 is 10.0 Å². The molecule has 0 spiro atoms. The number of guanidine groups is 1. The monoisotopic (exact) mass is 557 g/mol. The Morgan fingerprint density at radius 3 is 2.59 bits per heavy atom. The Bertz CT molecular complexity index is 718. The first-order valence-corrected chi connectivity index (χ1v) is 12.6. The van der Waals surface area contributed by atoms with Crippen LogP contribution in [0.4, 0.5) is 0 Å². The highest BCUT2D eigenvalue weighted by molar-refractivity contribution is 14.0. The van der Waals surface area contributed by atoms with Gasteiger partial charge in [-0.2, -0.15) is 11.8 Å². The summed E-state index contributed by atoms with van der Waals surface area (Å²) in [4.78, 5) is 6.65. The number of rotatable bonds is 8. The predicted molar refractivity (Wildman–Crippen MR) is 130 cm³/mol. The second-order valence-electron chi connectivity index (χ2n) is 6.98. The van der Waals surface area contributed by atoms with Gasteiger partial charge >= 0.3 is 0 Å². The van der Waals surface area contributed by atoms with E-state index >= 15 is 0 Å². The Hall–Kier alpha value is -0.500. The van der Waals surface area contributed by atoms with Gasteiger partial charge in [0.05, 0.1) is 18.1 Å². The molecule has 1 unspecified atom stereocenters. The van der Waals surface area contributed by atoms with Crippen molar-refractivity contribution < 1.29 is 12.8 Å². The summed E-state index contributed by atoms with van der Waals surface area (Å²) in [6.07, 6.45) is 4.11. The molecule has 0 bridgehead atoms. The lowest BCUT2D eigenvalue weighted by molar-refractivity contribution is 0.215. The predicted octanol–water partition coefficient (Wildman–Crippen LogP) is 1.58. The Kier molecular flexibility index (Phi) is 10.6. The van der Waals surface area contributed by atoms with Crippen LogP contribution >= 0.6 is 35.7 Å². The van der Waals surface area contributed by atoms with Crippen LogP contribution in [0.25, 0.3) is 0 Å². The van der Waals surface area contributed by atoms with E-state index in [1.165, 1.54) is 12.8 Å². The second kappa shape index (κ2) is 12.4. The summed E-state index contributed by atoms with van der Waals surface area (Å²) in [5.41, 5.74) is 0. The number of nitrogens with one attached hydrogen (secondary N) is 2. The zero-order chi connectivity index (χ0) is 19.8. The Labute approximate surface area is 195 Å². The van der Waals surface area contributed by atoms with Gasteiger partial charge in [0.2, 0.25) is 10.0 Å². The van der Waals surface area contributed by atoms with Crippen molar-refractivity contribution in [2.24, 2.45) is 4.99 Å². The number of hydrogen-bond donors (Lipinski definition) is 2. The maximum atomic E-state index is 12.4. The molecule has 1 atom stereocenters. The molecule has 0 saturated carbocycles. The number of sulfonamides is 1. The molecule has 8 nitrogen and oxygen atoms in total. The number of thioether (sulfide) groups is 1. The fraction of sp³-hybridized carbons (Fsp3) is 0.722. The van der Waals surface area contributed by atoms with Crippen molar-refractivity contribution >= 4 is 51.7 Å². The van der Waals surface area contributed by atoms with Gasteiger partial charge < -0.3 is 15.1 Å². The number of hydrogen-bond acceptors (Lipinski definition) is 6. The van der Waals surface area contributed by atoms with E-state index in [0.717, 1.165) is 30.4 Å². The van der Waals surface area contributed by atoms with Crippen LogP contribution in [0.2, 0.25) is 0 Å². The van der Waals surface area contributed by atoms with E-state index in [0.29, 0.717) is 32.1 Å². The van der Waals surface area contributed by atoms with Crippen molar-refractivity contribution in [2.45, 2.75) is 18.9 Å². The highest BCUT2D eigenvalue weighted by Crippen LogP contribution is 2.24. The van der Waals surface area contributed by atoms with E-state index in [4.69, 9.17) is 4.42 Å². The van der Waals surface area contributed by atoms with Gasteiger partial charge in [0.15, 0.2) is 5.96 Å². The summed E-state index contributed by atoms with van der Waals surface area (Å²) >= 11 is 1.80. The number of halogens is 1. The van der Waals surface area contributed by atoms with Crippen LogP contribution in [0.1, 0.15) is 24.6 Å². The molecule has 0 amide bonds. The van der Waals surface area contributed by atoms with Crippen molar-refractivity contribution in [3.63, 3.8) is 0 Å². The Morgan fingerprint density at radius 1 is 1.24 bits per heavy atom. The first-order valence-electron chi connectivity index (χ1n) is 9.88. The molecule has 0 radical (unpaired) electrons. The van der Waals surface area contributed by atoms with Crippen molar-refractivity contribution in [3.05, 3.63) is 24.2 Å². The number of furan rings is 1. The quantitative estimate of drug-likeness (QED) is 0.285. The average Bonchev–Trinajstić information content (AvgIpc) is 3.42. The molecule has 2 N–H and O–H groups in total. The van der Waals surface area contributed by atoms with Crippen molar-refractivity contribution in [3.8, 4) is 0 Å². The lowest BCUT2D eigenvalue weighted by atomic mass is 10.2. The molecular weight excluding hydrogens is 525 g/mol. The minimum Gasteiger partial charge on any atom is -0.468 e. The van der Waals surface area contributed by atoms with E-state index in [9.17, 15) is 8.42 Å². The molecule has 166 valence electrons. The normalized spacial score (nSPS) is 20.2. The highest BCUT2D eigenvalue weighted by Gasteiger charge is 2.26. The topological polar surface area (TPSA) is 90.2 Å². The third kappa shape index (κ3) is 7.30. The Balaban J connectivity index is 0.00000300. The van der Waals surface area contributed by atoms with Crippen molar-refractivity contribution in [1.82, 2.24) is 19.8 Å². The first-order chi connectivity index (χ1) is 13.6. The van der Waals surface area contributed by atoms with Gasteiger partial charge in [0.25, 0.3) is 0 Å². The van der Waals surface area contributed by atoms with Crippen LogP contribution in [-0.4, -0.2) is 87.2 Å². The van der Waals surface area contributed by atoms with Crippen molar-refractivity contribution in [1.29, 1.82) is 0 Å². The van der Waals surface area contributed by atoms with Crippen LogP contribution < -0.4 is 10.6 Å². The van der Waals surface area contributed by atoms with Gasteiger partial charge in [0.1, 0.15) is 5.76 Å². The van der Waals surface area contributed by atoms with Crippen LogP contribution in [-0.2, 0) is 10.0 Å². The van der Waals surface area contributed by atoms with Crippen LogP contribution in [0.3, 0.4) is 0 Å². The molecule has 29 heavy (non-hydrogen) atoms. The maximum absolute atomic E-state index is 12.4. The minimum atomic E-state index is -3.22. The average molecular weight is 558 g/mol. The molecule has 3 rings (SSSR count). The standard InChI is InChI=1S/C18H31N5O3S2.HI/c1-19-18(20-6-14-28(24,25)23-9-12-27-13-10-23)21-15-16(17-5-4-11-26-17)22-7-2-3-8-22;/h4-5,11,16H,2-3,6-10,12-15H2,1H3,(H2,19,20,21);1H. The SMILES string of the molecule is CN=C(NCCS(=O)(=O)N1CCSCC1)NCC(c1ccco1)N1CCCC1.I. The molecule has 1 aromatic rings. The number of nitrogens with zero attached hydrogens (tertiary/aromatic N) is 3. The summed E-state index contributed by atoms with van der Waals surface area (Å²) in [5.74, 6) is 3.38. The fourth-order valence-electron chi connectivity index (χ4n) is 3.61. The van der Waals surface area contributed by atoms with Crippen LogP contribution in [0.15, 0.2) is 27.8 Å². The zero-order valence-electron chi connectivity index (χ0n) is 16.9. The molecular formula is C18H32IN5O3S2. The van der Waals surface area contributed by atoms with Gasteiger partial charge in [-0.25, -0.2) is 12.7 Å². The van der Waals surface area contributed by atoms with Gasteiger partial charge in [-0.3, -0.25) is 9.89 Å². The van der Waals surface area contributed by atoms with Gasteiger partial charge in [-0.1, -0.05) is 0 Å². The molecule has 0 aliphatic carbocycles. The third-order valence-corrected chi connectivity index (χ3v) is 7.97. The summed E-state index contributed by atoms with van der Waals surface area (Å²) in [6, 6.07) is 4.06. The van der Waals surface area contributed by atoms with E-state index in [1.807, 2.05) is 12.1 Å². The fourth-order valence-corrected chi connectivity index (χ4v) is 6.10. The first kappa shape index (κ1) is 24.8. The summed E-state index contributed by atoms with van der Waals surface area (Å²) in [7, 11) is -1.52. The zero-order valence-corrected chi connectivity index (χ0v) is 20.8. The summed E-state index contributed by atoms with van der Waals surface area (Å²) in [6.45, 7) is 4.34. The van der Waals surface area contributed by atoms with Crippen LogP contribution in [0.5, 0.6) is 0 Å². The molecule has 2 saturated heterocycles. The van der Waals surface area contributed by atoms with Crippen molar-refractivity contribution in [2.75, 3.05) is 63.6 Å². The second-order valence-corrected chi connectivity index (χ2v) is 10.3. The maximum Gasteiger partial charge on any atom is 0.215 e. The molecule has 2 aliphatic heterocycles. The third-order valence-electron chi connectivity index (χ3n) is 5.16. The van der Waals surface area contributed by atoms with E-state index in [1.54, 1.807) is 29.4 Å². The number of aliphatic imine (C=N–C) groups is 1. The largest absolute Gasteiger partial charge is 0.468 e. The summed E-state index contributed by atoms with van der Waals surface area (Å²) in [5, 5.41) is 6.46. The lowest BCUT2D eigenvalue weighted by Gasteiger charge is -2.27. The van der Waals surface area contributed by atoms with E-state index in [-0.39, 0.29) is 35.8 Å². The highest BCUT2D eigenvalue weighted by atomic mass is 127. The molecule has 11 heteroatoms. The lowest BCUT2D eigenvalue weighted by Crippen LogP contribution is -2.45. The summed E-state index contributed by atoms with van der Waals surface area (Å²) < 4.78 is 32.1. The van der Waals surface area contributed by atoms with Gasteiger partial charge in [-0.15, -0.1) is 24.0 Å². The smallest absolute Gasteiger partial charge is 0.215 e. The minimum absolute atomic E-state index is 0. The molecule has 3 heterocycles. The van der Waals surface area contributed by atoms with Crippen LogP contribution in [0, 0.1) is 0 Å². The number of likely N-dealkylation sites (tertiary alicyclic amines) is 1. The molecule has 2 aliphatic rings. The molecule has 0 aromatic carbocycles. The molecule has 1 aromatic heterocycles. The van der Waals surface area contributed by atoms with Gasteiger partial charge in [0, 0.05) is 44.7 Å². The van der Waals surface area contributed by atoms with Gasteiger partial charge in [-0.05, 0) is 38.1 Å². The van der Waals surface area contributed by atoms with E-state index in [2.05, 4.69) is 20.5 Å². The Morgan fingerprint density at radius 2 is 1.97 bits per heavy atom. The molecule has 2 fully saturated rings.